The fraction of sp³-hybridized carbons (Fsp3) is 0.385. The van der Waals surface area contributed by atoms with Crippen molar-refractivity contribution in [2.45, 2.75) is 57.8 Å². The average molecular weight is 451 g/mol. The summed E-state index contributed by atoms with van der Waals surface area (Å²) < 4.78 is 6.11. The first kappa shape index (κ1) is 22.5. The van der Waals surface area contributed by atoms with Crippen LogP contribution in [0.3, 0.4) is 0 Å². The quantitative estimate of drug-likeness (QED) is 0.494. The van der Waals surface area contributed by atoms with Crippen molar-refractivity contribution in [1.82, 2.24) is 9.88 Å². The second-order valence-electron chi connectivity index (χ2n) is 9.20. The Morgan fingerprint density at radius 3 is 2.44 bits per heavy atom. The van der Waals surface area contributed by atoms with Gasteiger partial charge in [0.15, 0.2) is 0 Å². The lowest BCUT2D eigenvalue weighted by Gasteiger charge is -2.45. The van der Waals surface area contributed by atoms with Gasteiger partial charge in [-0.2, -0.15) is 0 Å². The summed E-state index contributed by atoms with van der Waals surface area (Å²) in [4.78, 5) is 20.4. The van der Waals surface area contributed by atoms with E-state index < -0.39 is 11.2 Å². The molecule has 1 saturated heterocycles. The summed E-state index contributed by atoms with van der Waals surface area (Å²) in [7, 11) is 0. The first-order valence-corrected chi connectivity index (χ1v) is 11.8. The van der Waals surface area contributed by atoms with E-state index in [1.165, 1.54) is 0 Å². The highest BCUT2D eigenvalue weighted by Gasteiger charge is 2.46. The van der Waals surface area contributed by atoms with Gasteiger partial charge in [0.05, 0.1) is 21.5 Å². The molecule has 5 nitrogen and oxygen atoms in total. The molecule has 32 heavy (non-hydrogen) atoms. The monoisotopic (exact) mass is 450 g/mol. The Labute approximate surface area is 193 Å². The minimum Gasteiger partial charge on any atom is -0.438 e. The lowest BCUT2D eigenvalue weighted by Crippen LogP contribution is -2.51. The van der Waals surface area contributed by atoms with Crippen LogP contribution in [0, 0.1) is 6.92 Å². The van der Waals surface area contributed by atoms with Crippen LogP contribution < -0.4 is 0 Å². The van der Waals surface area contributed by atoms with E-state index in [2.05, 4.69) is 29.2 Å². The Kier molecular flexibility index (Phi) is 6.10. The van der Waals surface area contributed by atoms with Gasteiger partial charge in [0.1, 0.15) is 5.60 Å². The van der Waals surface area contributed by atoms with Crippen LogP contribution in [0.1, 0.15) is 55.8 Å². The summed E-state index contributed by atoms with van der Waals surface area (Å²) in [5.41, 5.74) is 1.31. The molecule has 6 heteroatoms. The first-order valence-electron chi connectivity index (χ1n) is 11.0. The highest BCUT2D eigenvalue weighted by Crippen LogP contribution is 2.42. The number of ether oxygens (including phenoxy) is 1. The number of hydrogen-bond donors (Lipinski definition) is 1. The van der Waals surface area contributed by atoms with Crippen LogP contribution in [0.4, 0.5) is 4.79 Å². The highest BCUT2D eigenvalue weighted by molar-refractivity contribution is 7.15. The third-order valence-electron chi connectivity index (χ3n) is 6.06. The fourth-order valence-corrected chi connectivity index (χ4v) is 5.28. The maximum Gasteiger partial charge on any atom is 0.411 e. The zero-order valence-corrected chi connectivity index (χ0v) is 19.9. The number of cyclic esters (lactones) is 1. The van der Waals surface area contributed by atoms with Gasteiger partial charge >= 0.3 is 6.09 Å². The summed E-state index contributed by atoms with van der Waals surface area (Å²) in [5.74, 6) is 0. The van der Waals surface area contributed by atoms with Gasteiger partial charge in [-0.1, -0.05) is 54.6 Å². The molecule has 2 heterocycles. The summed E-state index contributed by atoms with van der Waals surface area (Å²) in [6.07, 6.45) is 2.52. The molecule has 2 atom stereocenters. The smallest absolute Gasteiger partial charge is 0.411 e. The molecule has 1 N–H and O–H groups in total. The van der Waals surface area contributed by atoms with Gasteiger partial charge in [0, 0.05) is 25.6 Å². The van der Waals surface area contributed by atoms with E-state index in [1.807, 2.05) is 50.4 Å². The number of thiazole rings is 1. The molecule has 0 aliphatic carbocycles. The van der Waals surface area contributed by atoms with E-state index in [4.69, 9.17) is 4.74 Å². The molecule has 0 radical (unpaired) electrons. The number of hydrogen-bond acceptors (Lipinski definition) is 5. The van der Waals surface area contributed by atoms with Crippen LogP contribution in [-0.4, -0.2) is 33.2 Å². The van der Waals surface area contributed by atoms with E-state index in [0.29, 0.717) is 19.4 Å². The molecule has 2 aromatic carbocycles. The second-order valence-corrected chi connectivity index (χ2v) is 10.4. The van der Waals surface area contributed by atoms with Crippen LogP contribution in [0.25, 0.3) is 10.4 Å². The normalized spacial score (nSPS) is 20.2. The fourth-order valence-electron chi connectivity index (χ4n) is 4.49. The Morgan fingerprint density at radius 2 is 1.88 bits per heavy atom. The van der Waals surface area contributed by atoms with Gasteiger partial charge in [0.2, 0.25) is 0 Å². The zero-order chi connectivity index (χ0) is 22.9. The van der Waals surface area contributed by atoms with Gasteiger partial charge in [-0.05, 0) is 44.4 Å². The van der Waals surface area contributed by atoms with Crippen molar-refractivity contribution < 1.29 is 14.6 Å². The van der Waals surface area contributed by atoms with Crippen molar-refractivity contribution in [2.24, 2.45) is 0 Å². The Bertz CT molecular complexity index is 1070. The molecule has 1 amide bonds. The van der Waals surface area contributed by atoms with Crippen LogP contribution in [-0.2, 0) is 10.3 Å². The molecular formula is C26H30N2O3S. The topological polar surface area (TPSA) is 62.7 Å². The zero-order valence-electron chi connectivity index (χ0n) is 19.0. The predicted molar refractivity (Wildman–Crippen MR) is 128 cm³/mol. The Hall–Kier alpha value is -2.70. The maximum absolute atomic E-state index is 13.2. The summed E-state index contributed by atoms with van der Waals surface area (Å²) in [5, 5.41) is 11.6. The molecular weight excluding hydrogens is 420 g/mol. The standard InChI is InChI=1S/C26H30N2O3S/c1-18(20-10-12-21(13-11-20)23-16-27-19(2)32-23)28-15-14-26(31-24(28)29,17-25(3,4)30)22-8-6-5-7-9-22/h5-13,16,18,30H,14-15,17H2,1-4H3. The van der Waals surface area contributed by atoms with Crippen molar-refractivity contribution in [1.29, 1.82) is 0 Å². The lowest BCUT2D eigenvalue weighted by atomic mass is 9.80. The van der Waals surface area contributed by atoms with Crippen molar-refractivity contribution in [3.8, 4) is 10.4 Å². The molecule has 1 aliphatic rings. The van der Waals surface area contributed by atoms with Gasteiger partial charge < -0.3 is 14.7 Å². The second kappa shape index (κ2) is 8.68. The van der Waals surface area contributed by atoms with E-state index in [1.54, 1.807) is 30.1 Å². The Morgan fingerprint density at radius 1 is 1.19 bits per heavy atom. The molecule has 4 rings (SSSR count). The van der Waals surface area contributed by atoms with E-state index in [-0.39, 0.29) is 12.1 Å². The summed E-state index contributed by atoms with van der Waals surface area (Å²) in [6.45, 7) is 8.10. The summed E-state index contributed by atoms with van der Waals surface area (Å²) >= 11 is 1.67. The number of benzene rings is 2. The maximum atomic E-state index is 13.2. The largest absolute Gasteiger partial charge is 0.438 e. The number of carbonyl (C=O) groups excluding carboxylic acids is 1. The SMILES string of the molecule is Cc1ncc(-c2ccc(C(C)N3CCC(CC(C)(C)O)(c4ccccc4)OC3=O)cc2)s1. The van der Waals surface area contributed by atoms with Gasteiger partial charge in [-0.3, -0.25) is 0 Å². The van der Waals surface area contributed by atoms with Crippen LogP contribution in [0.5, 0.6) is 0 Å². The molecule has 0 spiro atoms. The molecule has 1 aliphatic heterocycles. The third-order valence-corrected chi connectivity index (χ3v) is 7.02. The number of aryl methyl sites for hydroxylation is 1. The van der Waals surface area contributed by atoms with Crippen molar-refractivity contribution >= 4 is 17.4 Å². The number of nitrogens with zero attached hydrogens (tertiary/aromatic N) is 2. The van der Waals surface area contributed by atoms with Crippen molar-refractivity contribution in [2.75, 3.05) is 6.54 Å². The number of carbonyl (C=O) groups is 1. The molecule has 2 unspecified atom stereocenters. The van der Waals surface area contributed by atoms with Gasteiger partial charge in [-0.15, -0.1) is 11.3 Å². The molecule has 0 saturated carbocycles. The lowest BCUT2D eigenvalue weighted by molar-refractivity contribution is -0.101. The molecule has 1 fully saturated rings. The van der Waals surface area contributed by atoms with E-state index >= 15 is 0 Å². The summed E-state index contributed by atoms with van der Waals surface area (Å²) in [6, 6.07) is 17.9. The molecule has 1 aromatic heterocycles. The predicted octanol–water partition coefficient (Wildman–Crippen LogP) is 6.08. The van der Waals surface area contributed by atoms with Crippen molar-refractivity contribution in [3.63, 3.8) is 0 Å². The minimum atomic E-state index is -0.964. The van der Waals surface area contributed by atoms with Crippen LogP contribution in [0.2, 0.25) is 0 Å². The third kappa shape index (κ3) is 4.71. The first-order chi connectivity index (χ1) is 15.2. The molecule has 0 bridgehead atoms. The Balaban J connectivity index is 1.53. The average Bonchev–Trinajstić information content (AvgIpc) is 3.19. The van der Waals surface area contributed by atoms with Gasteiger partial charge in [-0.25, -0.2) is 9.78 Å². The molecule has 3 aromatic rings. The number of rotatable bonds is 6. The van der Waals surface area contributed by atoms with Crippen LogP contribution in [0.15, 0.2) is 60.8 Å². The number of aromatic nitrogens is 1. The number of amides is 1. The minimum absolute atomic E-state index is 0.115. The van der Waals surface area contributed by atoms with Crippen molar-refractivity contribution in [3.05, 3.63) is 76.9 Å². The highest BCUT2D eigenvalue weighted by atomic mass is 32.1. The van der Waals surface area contributed by atoms with E-state index in [0.717, 1.165) is 26.6 Å². The van der Waals surface area contributed by atoms with E-state index in [9.17, 15) is 9.90 Å². The van der Waals surface area contributed by atoms with Gasteiger partial charge in [0.25, 0.3) is 0 Å². The molecule has 168 valence electrons. The number of aliphatic hydroxyl groups is 1. The van der Waals surface area contributed by atoms with Crippen LogP contribution >= 0.6 is 11.3 Å².